The van der Waals surface area contributed by atoms with Crippen LogP contribution in [0.15, 0.2) is 0 Å². The minimum Gasteiger partial charge on any atom is -0.394 e. The molecular formula is C18H40NO2P. The van der Waals surface area contributed by atoms with Crippen LogP contribution in [-0.2, 0) is 4.74 Å². The van der Waals surface area contributed by atoms with Gasteiger partial charge in [0.1, 0.15) is 0 Å². The Morgan fingerprint density at radius 2 is 1.45 bits per heavy atom. The molecule has 0 aliphatic carbocycles. The second-order valence-corrected chi connectivity index (χ2v) is 8.99. The smallest absolute Gasteiger partial charge is 0.0697 e. The van der Waals surface area contributed by atoms with E-state index in [0.29, 0.717) is 18.7 Å². The van der Waals surface area contributed by atoms with Gasteiger partial charge in [-0.15, -0.1) is 0 Å². The van der Waals surface area contributed by atoms with Gasteiger partial charge in [0.25, 0.3) is 0 Å². The van der Waals surface area contributed by atoms with E-state index in [1.165, 1.54) is 44.4 Å². The first-order valence-corrected chi connectivity index (χ1v) is 10.9. The van der Waals surface area contributed by atoms with Gasteiger partial charge in [0.15, 0.2) is 0 Å². The van der Waals surface area contributed by atoms with Crippen molar-refractivity contribution in [2.45, 2.75) is 85.2 Å². The molecule has 1 unspecified atom stereocenters. The van der Waals surface area contributed by atoms with E-state index in [0.717, 1.165) is 13.0 Å². The van der Waals surface area contributed by atoms with Crippen molar-refractivity contribution >= 4 is 8.07 Å². The molecule has 1 N–H and O–H groups in total. The fourth-order valence-corrected chi connectivity index (χ4v) is 6.21. The lowest BCUT2D eigenvalue weighted by atomic mass is 10.2. The van der Waals surface area contributed by atoms with Crippen molar-refractivity contribution in [3.63, 3.8) is 0 Å². The molecule has 0 saturated heterocycles. The third-order valence-corrected chi connectivity index (χ3v) is 7.09. The van der Waals surface area contributed by atoms with E-state index in [2.05, 4.69) is 39.3 Å². The molecule has 0 spiro atoms. The Labute approximate surface area is 140 Å². The maximum Gasteiger partial charge on any atom is 0.0697 e. The minimum absolute atomic E-state index is 0.0299. The van der Waals surface area contributed by atoms with Gasteiger partial charge < -0.3 is 9.84 Å². The molecule has 1 atom stereocenters. The van der Waals surface area contributed by atoms with Crippen LogP contribution in [-0.4, -0.2) is 54.0 Å². The van der Waals surface area contributed by atoms with Gasteiger partial charge in [0, 0.05) is 18.7 Å². The lowest BCUT2D eigenvalue weighted by molar-refractivity contribution is 0.0896. The van der Waals surface area contributed by atoms with E-state index < -0.39 is 0 Å². The van der Waals surface area contributed by atoms with Gasteiger partial charge in [-0.05, 0) is 67.4 Å². The van der Waals surface area contributed by atoms with Gasteiger partial charge in [-0.3, -0.25) is 4.67 Å². The third-order valence-electron chi connectivity index (χ3n) is 3.85. The number of aliphatic hydroxyl groups is 1. The Morgan fingerprint density at radius 3 is 2.00 bits per heavy atom. The van der Waals surface area contributed by atoms with Crippen LogP contribution in [0.3, 0.4) is 0 Å². The summed E-state index contributed by atoms with van der Waals surface area (Å²) in [5.41, 5.74) is 0. The monoisotopic (exact) mass is 333 g/mol. The summed E-state index contributed by atoms with van der Waals surface area (Å²) in [7, 11) is 0.0299. The SMILES string of the molecule is CCCCP(CCCCCCOCCO)N(C(C)C)C(C)C. The molecule has 0 saturated carbocycles. The molecule has 22 heavy (non-hydrogen) atoms. The molecule has 0 aromatic rings. The van der Waals surface area contributed by atoms with Crippen molar-refractivity contribution in [3.8, 4) is 0 Å². The molecule has 0 amide bonds. The van der Waals surface area contributed by atoms with E-state index in [9.17, 15) is 0 Å². The summed E-state index contributed by atoms with van der Waals surface area (Å²) in [5.74, 6) is 0. The van der Waals surface area contributed by atoms with E-state index in [4.69, 9.17) is 9.84 Å². The molecule has 0 aromatic heterocycles. The average molecular weight is 333 g/mol. The van der Waals surface area contributed by atoms with Gasteiger partial charge in [0.2, 0.25) is 0 Å². The zero-order valence-corrected chi connectivity index (χ0v) is 16.6. The average Bonchev–Trinajstić information content (AvgIpc) is 2.46. The molecule has 0 aromatic carbocycles. The van der Waals surface area contributed by atoms with E-state index in [1.807, 2.05) is 0 Å². The third kappa shape index (κ3) is 10.9. The highest BCUT2D eigenvalue weighted by Crippen LogP contribution is 2.45. The zero-order chi connectivity index (χ0) is 16.8. The Balaban J connectivity index is 4.03. The molecule has 3 nitrogen and oxygen atoms in total. The summed E-state index contributed by atoms with van der Waals surface area (Å²) < 4.78 is 8.08. The highest BCUT2D eigenvalue weighted by atomic mass is 31.1. The van der Waals surface area contributed by atoms with Crippen LogP contribution in [0.5, 0.6) is 0 Å². The Kier molecular flexibility index (Phi) is 15.1. The molecule has 4 heteroatoms. The largest absolute Gasteiger partial charge is 0.394 e. The van der Waals surface area contributed by atoms with Crippen molar-refractivity contribution < 1.29 is 9.84 Å². The summed E-state index contributed by atoms with van der Waals surface area (Å²) >= 11 is 0. The first-order chi connectivity index (χ1) is 10.5. The van der Waals surface area contributed by atoms with Crippen molar-refractivity contribution in [3.05, 3.63) is 0 Å². The Bertz CT molecular complexity index is 229. The van der Waals surface area contributed by atoms with Crippen LogP contribution in [0.25, 0.3) is 0 Å². The minimum atomic E-state index is 0.0299. The van der Waals surface area contributed by atoms with Crippen molar-refractivity contribution in [2.24, 2.45) is 0 Å². The van der Waals surface area contributed by atoms with Crippen molar-refractivity contribution in [1.29, 1.82) is 0 Å². The number of rotatable bonds is 15. The summed E-state index contributed by atoms with van der Waals surface area (Å²) in [4.78, 5) is 0. The van der Waals surface area contributed by atoms with E-state index >= 15 is 0 Å². The van der Waals surface area contributed by atoms with E-state index in [1.54, 1.807) is 0 Å². The summed E-state index contributed by atoms with van der Waals surface area (Å²) in [5, 5.41) is 8.65. The fourth-order valence-electron chi connectivity index (χ4n) is 2.95. The molecule has 0 bridgehead atoms. The van der Waals surface area contributed by atoms with E-state index in [-0.39, 0.29) is 14.7 Å². The maximum atomic E-state index is 8.65. The second-order valence-electron chi connectivity index (χ2n) is 6.62. The standard InChI is InChI=1S/C18H40NO2P/c1-6-7-15-22(19(17(2)3)18(4)5)16-11-9-8-10-13-21-14-12-20/h17-18,20H,6-16H2,1-5H3. The topological polar surface area (TPSA) is 32.7 Å². The number of nitrogens with zero attached hydrogens (tertiary/aromatic N) is 1. The quantitative estimate of drug-likeness (QED) is 0.343. The molecular weight excluding hydrogens is 293 g/mol. The number of unbranched alkanes of at least 4 members (excludes halogenated alkanes) is 4. The van der Waals surface area contributed by atoms with Crippen LogP contribution in [0.2, 0.25) is 0 Å². The molecule has 0 rings (SSSR count). The zero-order valence-electron chi connectivity index (χ0n) is 15.7. The highest BCUT2D eigenvalue weighted by Gasteiger charge is 2.22. The maximum absolute atomic E-state index is 8.65. The predicted molar refractivity (Wildman–Crippen MR) is 100 cm³/mol. The van der Waals surface area contributed by atoms with Gasteiger partial charge in [-0.25, -0.2) is 0 Å². The fraction of sp³-hybridized carbons (Fsp3) is 1.00. The summed E-state index contributed by atoms with van der Waals surface area (Å²) in [6, 6.07) is 1.32. The summed E-state index contributed by atoms with van der Waals surface area (Å²) in [6.07, 6.45) is 10.5. The van der Waals surface area contributed by atoms with Gasteiger partial charge in [0.05, 0.1) is 13.2 Å². The molecule has 0 radical (unpaired) electrons. The lowest BCUT2D eigenvalue weighted by Gasteiger charge is -2.38. The number of hydrogen-bond acceptors (Lipinski definition) is 3. The number of ether oxygens (including phenoxy) is 1. The first kappa shape index (κ1) is 22.3. The highest BCUT2D eigenvalue weighted by molar-refractivity contribution is 7.55. The van der Waals surface area contributed by atoms with Gasteiger partial charge in [-0.2, -0.15) is 0 Å². The number of hydrogen-bond donors (Lipinski definition) is 1. The first-order valence-electron chi connectivity index (χ1n) is 9.26. The molecule has 0 aliphatic rings. The molecule has 0 fully saturated rings. The van der Waals surface area contributed by atoms with Gasteiger partial charge >= 0.3 is 0 Å². The number of aliphatic hydroxyl groups excluding tert-OH is 1. The second kappa shape index (κ2) is 14.9. The van der Waals surface area contributed by atoms with Crippen LogP contribution >= 0.6 is 8.07 Å². The lowest BCUT2D eigenvalue weighted by Crippen LogP contribution is -2.33. The van der Waals surface area contributed by atoms with Crippen LogP contribution in [0.4, 0.5) is 0 Å². The molecule has 0 aliphatic heterocycles. The Hall–Kier alpha value is 0.310. The molecule has 0 heterocycles. The van der Waals surface area contributed by atoms with Crippen molar-refractivity contribution in [1.82, 2.24) is 4.67 Å². The normalized spacial score (nSPS) is 13.5. The summed E-state index contributed by atoms with van der Waals surface area (Å²) in [6.45, 7) is 13.1. The van der Waals surface area contributed by atoms with Crippen LogP contribution in [0, 0.1) is 0 Å². The Morgan fingerprint density at radius 1 is 0.864 bits per heavy atom. The predicted octanol–water partition coefficient (Wildman–Crippen LogP) is 4.87. The van der Waals surface area contributed by atoms with Gasteiger partial charge in [-0.1, -0.05) is 26.2 Å². The van der Waals surface area contributed by atoms with Crippen LogP contribution < -0.4 is 0 Å². The van der Waals surface area contributed by atoms with Crippen molar-refractivity contribution in [2.75, 3.05) is 32.1 Å². The molecule has 134 valence electrons. The van der Waals surface area contributed by atoms with Crippen LogP contribution in [0.1, 0.15) is 73.1 Å².